The van der Waals surface area contributed by atoms with E-state index in [9.17, 15) is 22.8 Å². The highest BCUT2D eigenvalue weighted by molar-refractivity contribution is 7.93. The normalized spacial score (nSPS) is 20.3. The lowest BCUT2D eigenvalue weighted by atomic mass is 9.79. The number of nitrogens with zero attached hydrogens (tertiary/aromatic N) is 2. The van der Waals surface area contributed by atoms with E-state index in [4.69, 9.17) is 10.5 Å². The van der Waals surface area contributed by atoms with E-state index in [0.29, 0.717) is 43.8 Å². The van der Waals surface area contributed by atoms with Gasteiger partial charge in [0.2, 0.25) is 17.7 Å². The SMILES string of the molecule is C[C@H]([C@H](CC1CCCCC1)NC(=O)[C@H](Cc1cnc[nH]1)NC(=O)[C@H](Cc1ccccc1)CS(=O)(=O)C(C)(C)C(=O)N1CCOCC1)[C@@H](N)CC1CC1. The number of imidazole rings is 1. The first kappa shape index (κ1) is 39.9. The zero-order chi connectivity index (χ0) is 37.3. The highest BCUT2D eigenvalue weighted by atomic mass is 32.2. The number of aromatic amines is 1. The van der Waals surface area contributed by atoms with Crippen LogP contribution in [0.4, 0.5) is 0 Å². The number of morpholine rings is 1. The van der Waals surface area contributed by atoms with E-state index in [2.05, 4.69) is 27.5 Å². The molecule has 5 N–H and O–H groups in total. The molecular weight excluding hydrogens is 681 g/mol. The number of aromatic nitrogens is 2. The summed E-state index contributed by atoms with van der Waals surface area (Å²) >= 11 is 0. The first-order valence-corrected chi connectivity index (χ1v) is 21.0. The second kappa shape index (κ2) is 18.2. The minimum atomic E-state index is -4.16. The number of sulfone groups is 1. The third-order valence-electron chi connectivity index (χ3n) is 11.6. The molecule has 2 heterocycles. The molecule has 13 heteroatoms. The van der Waals surface area contributed by atoms with Crippen LogP contribution in [0.2, 0.25) is 0 Å². The van der Waals surface area contributed by atoms with Gasteiger partial charge < -0.3 is 31.0 Å². The number of rotatable bonds is 18. The summed E-state index contributed by atoms with van der Waals surface area (Å²) in [6.07, 6.45) is 13.4. The molecule has 52 heavy (non-hydrogen) atoms. The third kappa shape index (κ3) is 10.9. The quantitative estimate of drug-likeness (QED) is 0.179. The Hall–Kier alpha value is -3.29. The van der Waals surface area contributed by atoms with Crippen LogP contribution in [0.25, 0.3) is 0 Å². The van der Waals surface area contributed by atoms with Gasteiger partial charge in [0, 0.05) is 43.5 Å². The monoisotopic (exact) mass is 740 g/mol. The lowest BCUT2D eigenvalue weighted by Crippen LogP contribution is -2.57. The predicted molar refractivity (Wildman–Crippen MR) is 201 cm³/mol. The molecule has 0 spiro atoms. The average Bonchev–Trinajstić information content (AvgIpc) is 3.81. The predicted octanol–water partition coefficient (Wildman–Crippen LogP) is 3.57. The number of carbonyl (C=O) groups is 3. The fourth-order valence-corrected chi connectivity index (χ4v) is 9.33. The van der Waals surface area contributed by atoms with E-state index in [1.165, 1.54) is 57.2 Å². The van der Waals surface area contributed by atoms with Gasteiger partial charge in [0.25, 0.3) is 0 Å². The molecule has 0 unspecified atom stereocenters. The molecule has 3 fully saturated rings. The third-order valence-corrected chi connectivity index (χ3v) is 14.1. The summed E-state index contributed by atoms with van der Waals surface area (Å²) in [5.41, 5.74) is 8.19. The van der Waals surface area contributed by atoms with Crippen LogP contribution < -0.4 is 16.4 Å². The van der Waals surface area contributed by atoms with Gasteiger partial charge in [-0.05, 0) is 56.4 Å². The maximum atomic E-state index is 14.3. The molecule has 0 bridgehead atoms. The number of benzene rings is 1. The van der Waals surface area contributed by atoms with Crippen LogP contribution in [0.5, 0.6) is 0 Å². The van der Waals surface area contributed by atoms with Crippen molar-refractivity contribution < 1.29 is 27.5 Å². The first-order chi connectivity index (χ1) is 24.8. The average molecular weight is 741 g/mol. The first-order valence-electron chi connectivity index (χ1n) is 19.3. The largest absolute Gasteiger partial charge is 0.378 e. The second-order valence-corrected chi connectivity index (χ2v) is 18.6. The van der Waals surface area contributed by atoms with Crippen LogP contribution in [-0.2, 0) is 41.8 Å². The summed E-state index contributed by atoms with van der Waals surface area (Å²) < 4.78 is 31.8. The van der Waals surface area contributed by atoms with Crippen LogP contribution in [-0.4, -0.2) is 95.9 Å². The van der Waals surface area contributed by atoms with Crippen molar-refractivity contribution in [3.8, 4) is 0 Å². The lowest BCUT2D eigenvalue weighted by molar-refractivity contribution is -0.137. The fourth-order valence-electron chi connectivity index (χ4n) is 7.72. The Labute approximate surface area is 309 Å². The van der Waals surface area contributed by atoms with Crippen LogP contribution in [0.15, 0.2) is 42.9 Å². The van der Waals surface area contributed by atoms with Gasteiger partial charge in [-0.2, -0.15) is 0 Å². The molecule has 2 saturated carbocycles. The Morgan fingerprint density at radius 1 is 0.962 bits per heavy atom. The molecular formula is C39H60N6O6S. The van der Waals surface area contributed by atoms with Gasteiger partial charge in [0.15, 0.2) is 9.84 Å². The zero-order valence-electron chi connectivity index (χ0n) is 31.2. The molecule has 1 aromatic heterocycles. The lowest BCUT2D eigenvalue weighted by Gasteiger charge is -2.35. The molecule has 3 aliphatic rings. The number of nitrogens with two attached hydrogens (primary N) is 1. The van der Waals surface area contributed by atoms with Crippen LogP contribution in [0, 0.1) is 23.7 Å². The summed E-state index contributed by atoms with van der Waals surface area (Å²) in [5.74, 6) is -1.84. The van der Waals surface area contributed by atoms with Gasteiger partial charge in [-0.15, -0.1) is 0 Å². The topological polar surface area (TPSA) is 177 Å². The number of amides is 3. The molecule has 5 rings (SSSR count). The number of hydrogen-bond donors (Lipinski definition) is 4. The molecule has 3 amide bonds. The number of carbonyl (C=O) groups excluding carboxylic acids is 3. The minimum absolute atomic E-state index is 0.0391. The maximum absolute atomic E-state index is 14.3. The van der Waals surface area contributed by atoms with Gasteiger partial charge >= 0.3 is 0 Å². The number of ether oxygens (including phenoxy) is 1. The van der Waals surface area contributed by atoms with Crippen molar-refractivity contribution in [2.75, 3.05) is 32.1 Å². The molecule has 12 nitrogen and oxygen atoms in total. The Kier molecular flexibility index (Phi) is 13.9. The summed E-state index contributed by atoms with van der Waals surface area (Å²) in [4.78, 5) is 50.9. The Bertz CT molecular complexity index is 1550. The van der Waals surface area contributed by atoms with Crippen molar-refractivity contribution in [3.63, 3.8) is 0 Å². The summed E-state index contributed by atoms with van der Waals surface area (Å²) in [5, 5.41) is 6.28. The van der Waals surface area contributed by atoms with E-state index in [1.807, 2.05) is 30.3 Å². The molecule has 0 radical (unpaired) electrons. The molecule has 2 aromatic rings. The zero-order valence-corrected chi connectivity index (χ0v) is 32.0. The van der Waals surface area contributed by atoms with Gasteiger partial charge in [-0.1, -0.05) is 82.2 Å². The van der Waals surface area contributed by atoms with Crippen molar-refractivity contribution in [2.45, 2.75) is 114 Å². The van der Waals surface area contributed by atoms with E-state index in [-0.39, 0.29) is 36.8 Å². The van der Waals surface area contributed by atoms with Crippen molar-refractivity contribution in [1.29, 1.82) is 0 Å². The van der Waals surface area contributed by atoms with Crippen molar-refractivity contribution >= 4 is 27.6 Å². The van der Waals surface area contributed by atoms with Crippen molar-refractivity contribution in [1.82, 2.24) is 25.5 Å². The molecule has 1 saturated heterocycles. The standard InChI is InChI=1S/C39H60N6O6S/c1-27(33(40)21-30-14-15-30)34(22-29-12-8-5-9-13-29)43-37(47)35(23-32-24-41-26-42-32)44-36(46)31(20-28-10-6-4-7-11-28)25-52(49,50)39(2,3)38(48)45-16-18-51-19-17-45/h4,6-7,10-11,24,26-27,29-31,33-35H,5,8-9,12-23,25,40H2,1-3H3,(H,41,42)(H,43,47)(H,44,46)/t27-,31+,33-,34-,35-/m0/s1. The Morgan fingerprint density at radius 3 is 2.27 bits per heavy atom. The van der Waals surface area contributed by atoms with Crippen LogP contribution >= 0.6 is 0 Å². The highest BCUT2D eigenvalue weighted by Crippen LogP contribution is 2.36. The van der Waals surface area contributed by atoms with Gasteiger partial charge in [0.1, 0.15) is 10.8 Å². The van der Waals surface area contributed by atoms with E-state index < -0.39 is 44.1 Å². The molecule has 5 atom stereocenters. The van der Waals surface area contributed by atoms with Gasteiger partial charge in [0.05, 0.1) is 31.2 Å². The van der Waals surface area contributed by atoms with Gasteiger partial charge in [-0.25, -0.2) is 13.4 Å². The van der Waals surface area contributed by atoms with Crippen molar-refractivity contribution in [2.24, 2.45) is 29.4 Å². The Morgan fingerprint density at radius 2 is 1.63 bits per heavy atom. The minimum Gasteiger partial charge on any atom is -0.378 e. The molecule has 1 aliphatic heterocycles. The molecule has 2 aliphatic carbocycles. The summed E-state index contributed by atoms with van der Waals surface area (Å²) in [6, 6.07) is 7.98. The molecule has 1 aromatic carbocycles. The van der Waals surface area contributed by atoms with E-state index in [0.717, 1.165) is 31.2 Å². The van der Waals surface area contributed by atoms with E-state index >= 15 is 0 Å². The fraction of sp³-hybridized carbons (Fsp3) is 0.692. The number of hydrogen-bond acceptors (Lipinski definition) is 8. The maximum Gasteiger partial charge on any atom is 0.243 e. The summed E-state index contributed by atoms with van der Waals surface area (Å²) in [7, 11) is -4.16. The van der Waals surface area contributed by atoms with Gasteiger partial charge in [-0.3, -0.25) is 14.4 Å². The number of nitrogens with one attached hydrogen (secondary N) is 3. The van der Waals surface area contributed by atoms with Crippen LogP contribution in [0.3, 0.4) is 0 Å². The second-order valence-electron chi connectivity index (χ2n) is 16.0. The van der Waals surface area contributed by atoms with E-state index in [1.54, 1.807) is 6.20 Å². The Balaban J connectivity index is 1.37. The van der Waals surface area contributed by atoms with Crippen LogP contribution in [0.1, 0.15) is 89.8 Å². The summed E-state index contributed by atoms with van der Waals surface area (Å²) in [6.45, 7) is 6.25. The van der Waals surface area contributed by atoms with Crippen molar-refractivity contribution in [3.05, 3.63) is 54.1 Å². The molecule has 288 valence electrons. The number of H-pyrrole nitrogens is 1. The highest BCUT2D eigenvalue weighted by Gasteiger charge is 2.46. The smallest absolute Gasteiger partial charge is 0.243 e.